The van der Waals surface area contributed by atoms with Crippen molar-refractivity contribution in [3.63, 3.8) is 0 Å². The Morgan fingerprint density at radius 2 is 1.87 bits per heavy atom. The van der Waals surface area contributed by atoms with E-state index in [2.05, 4.69) is 10.6 Å². The smallest absolute Gasteiger partial charge is 0.329 e. The van der Waals surface area contributed by atoms with E-state index < -0.39 is 24.4 Å². The Labute approximate surface area is 174 Å². The van der Waals surface area contributed by atoms with Crippen LogP contribution in [0.15, 0.2) is 54.2 Å². The zero-order valence-corrected chi connectivity index (χ0v) is 17.0. The van der Waals surface area contributed by atoms with E-state index in [1.54, 1.807) is 42.5 Å². The molecule has 1 saturated heterocycles. The van der Waals surface area contributed by atoms with Crippen LogP contribution in [0.1, 0.15) is 19.4 Å². The van der Waals surface area contributed by atoms with Gasteiger partial charge in [-0.3, -0.25) is 9.59 Å². The van der Waals surface area contributed by atoms with Crippen LogP contribution in [0.2, 0.25) is 0 Å². The molecule has 30 heavy (non-hydrogen) atoms. The van der Waals surface area contributed by atoms with E-state index in [0.29, 0.717) is 22.7 Å². The molecule has 0 radical (unpaired) electrons. The number of benzene rings is 2. The third-order valence-corrected chi connectivity index (χ3v) is 4.20. The topological polar surface area (TPSA) is 97.0 Å². The normalized spacial score (nSPS) is 14.8. The van der Waals surface area contributed by atoms with E-state index in [-0.39, 0.29) is 11.8 Å². The van der Waals surface area contributed by atoms with E-state index in [1.807, 2.05) is 19.9 Å². The number of amides is 4. The van der Waals surface area contributed by atoms with Gasteiger partial charge in [-0.2, -0.15) is 0 Å². The van der Waals surface area contributed by atoms with Gasteiger partial charge in [0.15, 0.2) is 11.5 Å². The van der Waals surface area contributed by atoms with Crippen LogP contribution in [0, 0.1) is 0 Å². The van der Waals surface area contributed by atoms with Crippen molar-refractivity contribution in [2.75, 3.05) is 19.0 Å². The second-order valence-corrected chi connectivity index (χ2v) is 6.84. The Morgan fingerprint density at radius 3 is 2.53 bits per heavy atom. The van der Waals surface area contributed by atoms with Crippen LogP contribution in [0.3, 0.4) is 0 Å². The van der Waals surface area contributed by atoms with E-state index >= 15 is 0 Å². The summed E-state index contributed by atoms with van der Waals surface area (Å²) in [5.74, 6) is -0.101. The van der Waals surface area contributed by atoms with Crippen molar-refractivity contribution in [2.24, 2.45) is 0 Å². The van der Waals surface area contributed by atoms with Gasteiger partial charge in [0.1, 0.15) is 12.2 Å². The molecule has 156 valence electrons. The summed E-state index contributed by atoms with van der Waals surface area (Å²) in [4.78, 5) is 38.1. The molecule has 3 rings (SSSR count). The third kappa shape index (κ3) is 4.78. The molecule has 0 bridgehead atoms. The minimum atomic E-state index is -0.663. The van der Waals surface area contributed by atoms with Gasteiger partial charge in [-0.05, 0) is 38.1 Å². The molecular formula is C22H23N3O5. The maximum Gasteiger partial charge on any atom is 0.329 e. The lowest BCUT2D eigenvalue weighted by molar-refractivity contribution is -0.127. The van der Waals surface area contributed by atoms with Gasteiger partial charge < -0.3 is 20.1 Å². The van der Waals surface area contributed by atoms with Crippen LogP contribution >= 0.6 is 0 Å². The zero-order chi connectivity index (χ0) is 21.7. The Morgan fingerprint density at radius 1 is 1.13 bits per heavy atom. The first kappa shape index (κ1) is 20.9. The number of carbonyl (C=O) groups is 3. The van der Waals surface area contributed by atoms with Crippen molar-refractivity contribution in [1.29, 1.82) is 0 Å². The number of urea groups is 1. The van der Waals surface area contributed by atoms with Gasteiger partial charge in [0, 0.05) is 11.3 Å². The van der Waals surface area contributed by atoms with Gasteiger partial charge in [0.05, 0.1) is 13.2 Å². The highest BCUT2D eigenvalue weighted by Crippen LogP contribution is 2.33. The molecule has 2 aromatic carbocycles. The van der Waals surface area contributed by atoms with Gasteiger partial charge >= 0.3 is 6.03 Å². The fourth-order valence-corrected chi connectivity index (χ4v) is 2.91. The molecule has 1 heterocycles. The monoisotopic (exact) mass is 409 g/mol. The Kier molecular flexibility index (Phi) is 6.36. The lowest BCUT2D eigenvalue weighted by atomic mass is 10.1. The van der Waals surface area contributed by atoms with Crippen molar-refractivity contribution in [1.82, 2.24) is 10.2 Å². The minimum Gasteiger partial charge on any atom is -0.493 e. The van der Waals surface area contributed by atoms with Crippen molar-refractivity contribution in [3.05, 3.63) is 59.8 Å². The molecule has 0 atom stereocenters. The Hall–Kier alpha value is -3.81. The highest BCUT2D eigenvalue weighted by molar-refractivity contribution is 6.16. The highest BCUT2D eigenvalue weighted by atomic mass is 16.5. The number of nitrogens with one attached hydrogen (secondary N) is 2. The van der Waals surface area contributed by atoms with Gasteiger partial charge in [-0.1, -0.05) is 30.3 Å². The zero-order valence-electron chi connectivity index (χ0n) is 17.0. The Balaban J connectivity index is 1.79. The van der Waals surface area contributed by atoms with E-state index in [4.69, 9.17) is 9.47 Å². The molecule has 0 spiro atoms. The first-order valence-electron chi connectivity index (χ1n) is 9.42. The summed E-state index contributed by atoms with van der Waals surface area (Å²) in [5, 5.41) is 5.16. The maximum atomic E-state index is 12.7. The standard InChI is InChI=1S/C22H23N3O5/c1-14(2)30-20-15(8-7-11-18(20)29-3)12-17-21(27)25(22(28)24-17)13-19(26)23-16-9-5-4-6-10-16/h4-12,14H,13H2,1-3H3,(H,23,26)(H,24,28). The van der Waals surface area contributed by atoms with Crippen LogP contribution in [0.5, 0.6) is 11.5 Å². The molecule has 2 N–H and O–H groups in total. The molecule has 1 aliphatic rings. The predicted molar refractivity (Wildman–Crippen MR) is 112 cm³/mol. The average molecular weight is 409 g/mol. The van der Waals surface area contributed by atoms with E-state index in [9.17, 15) is 14.4 Å². The summed E-state index contributed by atoms with van der Waals surface area (Å²) in [6.45, 7) is 3.35. The van der Waals surface area contributed by atoms with E-state index in [0.717, 1.165) is 4.90 Å². The molecule has 0 aromatic heterocycles. The van der Waals surface area contributed by atoms with Crippen LogP contribution < -0.4 is 20.1 Å². The molecule has 0 aliphatic carbocycles. The van der Waals surface area contributed by atoms with Crippen LogP contribution in [-0.2, 0) is 9.59 Å². The summed E-state index contributed by atoms with van der Waals surface area (Å²) in [7, 11) is 1.52. The fraction of sp³-hybridized carbons (Fsp3) is 0.227. The summed E-state index contributed by atoms with van der Waals surface area (Å²) < 4.78 is 11.2. The van der Waals surface area contributed by atoms with Gasteiger partial charge in [-0.15, -0.1) is 0 Å². The molecule has 8 nitrogen and oxygen atoms in total. The number of rotatable bonds is 7. The molecular weight excluding hydrogens is 386 g/mol. The summed E-state index contributed by atoms with van der Waals surface area (Å²) in [5.41, 5.74) is 1.20. The van der Waals surface area contributed by atoms with Crippen LogP contribution in [0.4, 0.5) is 10.5 Å². The second kappa shape index (κ2) is 9.13. The van der Waals surface area contributed by atoms with Crippen molar-refractivity contribution in [2.45, 2.75) is 20.0 Å². The minimum absolute atomic E-state index is 0.0503. The number of hydrogen-bond acceptors (Lipinski definition) is 5. The maximum absolute atomic E-state index is 12.7. The summed E-state index contributed by atoms with van der Waals surface area (Å²) in [6.07, 6.45) is 1.39. The van der Waals surface area contributed by atoms with Gasteiger partial charge in [0.25, 0.3) is 5.91 Å². The number of methoxy groups -OCH3 is 1. The van der Waals surface area contributed by atoms with Crippen molar-refractivity contribution < 1.29 is 23.9 Å². The lowest BCUT2D eigenvalue weighted by Crippen LogP contribution is -2.38. The Bertz CT molecular complexity index is 986. The second-order valence-electron chi connectivity index (χ2n) is 6.84. The fourth-order valence-electron chi connectivity index (χ4n) is 2.91. The molecule has 4 amide bonds. The van der Waals surface area contributed by atoms with Crippen molar-refractivity contribution in [3.8, 4) is 11.5 Å². The van der Waals surface area contributed by atoms with Gasteiger partial charge in [0.2, 0.25) is 5.91 Å². The van der Waals surface area contributed by atoms with E-state index in [1.165, 1.54) is 13.2 Å². The largest absolute Gasteiger partial charge is 0.493 e. The summed E-state index contributed by atoms with van der Waals surface area (Å²) >= 11 is 0. The molecule has 8 heteroatoms. The molecule has 1 fully saturated rings. The molecule has 0 saturated carbocycles. The molecule has 2 aromatic rings. The number of carbonyl (C=O) groups excluding carboxylic acids is 3. The van der Waals surface area contributed by atoms with Crippen molar-refractivity contribution >= 4 is 29.6 Å². The molecule has 1 aliphatic heterocycles. The number of nitrogens with zero attached hydrogens (tertiary/aromatic N) is 1. The van der Waals surface area contributed by atoms with Gasteiger partial charge in [-0.25, -0.2) is 9.69 Å². The quantitative estimate of drug-likeness (QED) is 0.541. The predicted octanol–water partition coefficient (Wildman–Crippen LogP) is 3.01. The summed E-state index contributed by atoms with van der Waals surface area (Å²) in [6, 6.07) is 13.4. The first-order valence-corrected chi connectivity index (χ1v) is 9.42. The number of anilines is 1. The first-order chi connectivity index (χ1) is 14.4. The third-order valence-electron chi connectivity index (χ3n) is 4.20. The van der Waals surface area contributed by atoms with Crippen LogP contribution in [0.25, 0.3) is 6.08 Å². The average Bonchev–Trinajstić information content (AvgIpc) is 2.97. The SMILES string of the molecule is COc1cccc(C=C2NC(=O)N(CC(=O)Nc3ccccc3)C2=O)c1OC(C)C. The number of para-hydroxylation sites is 2. The highest BCUT2D eigenvalue weighted by Gasteiger charge is 2.35. The number of imide groups is 1. The number of hydrogen-bond donors (Lipinski definition) is 2. The van der Waals surface area contributed by atoms with Crippen LogP contribution in [-0.4, -0.2) is 42.5 Å². The lowest BCUT2D eigenvalue weighted by Gasteiger charge is -2.16. The number of ether oxygens (including phenoxy) is 2. The molecule has 0 unspecified atom stereocenters.